The summed E-state index contributed by atoms with van der Waals surface area (Å²) in [6.45, 7) is 5.28. The van der Waals surface area contributed by atoms with Gasteiger partial charge in [0.2, 0.25) is 5.91 Å². The molecule has 4 nitrogen and oxygen atoms in total. The van der Waals surface area contributed by atoms with Crippen molar-refractivity contribution < 1.29 is 14.6 Å². The van der Waals surface area contributed by atoms with Gasteiger partial charge in [0.1, 0.15) is 5.88 Å². The van der Waals surface area contributed by atoms with Crippen LogP contribution in [0.15, 0.2) is 18.2 Å². The Morgan fingerprint density at radius 1 is 1.44 bits per heavy atom. The van der Waals surface area contributed by atoms with Crippen molar-refractivity contribution >= 4 is 17.5 Å². The van der Waals surface area contributed by atoms with E-state index in [0.717, 1.165) is 5.56 Å². The Balaban J connectivity index is 2.83. The van der Waals surface area contributed by atoms with E-state index in [4.69, 9.17) is 16.3 Å². The monoisotopic (exact) mass is 271 g/mol. The first-order valence-corrected chi connectivity index (χ1v) is 6.44. The highest BCUT2D eigenvalue weighted by Gasteiger charge is 2.12. The van der Waals surface area contributed by atoms with Crippen molar-refractivity contribution in [3.8, 4) is 11.5 Å². The van der Waals surface area contributed by atoms with E-state index in [1.165, 1.54) is 0 Å². The van der Waals surface area contributed by atoms with E-state index >= 15 is 0 Å². The minimum Gasteiger partial charge on any atom is -0.504 e. The first-order chi connectivity index (χ1) is 8.62. The van der Waals surface area contributed by atoms with Crippen molar-refractivity contribution in [3.63, 3.8) is 0 Å². The zero-order chi connectivity index (χ0) is 13.5. The molecule has 0 aromatic heterocycles. The summed E-state index contributed by atoms with van der Waals surface area (Å²) in [5.74, 6) is 0.409. The number of aromatic hydroxyl groups is 1. The molecule has 5 heteroatoms. The molecule has 100 valence electrons. The number of amides is 1. The summed E-state index contributed by atoms with van der Waals surface area (Å²) in [5.41, 5.74) is 0.900. The molecule has 0 radical (unpaired) electrons. The van der Waals surface area contributed by atoms with Crippen LogP contribution in [-0.4, -0.2) is 34.9 Å². The molecule has 0 heterocycles. The lowest BCUT2D eigenvalue weighted by atomic mass is 10.2. The predicted molar refractivity (Wildman–Crippen MR) is 71.1 cm³/mol. The number of hydrogen-bond donors (Lipinski definition) is 1. The third-order valence-corrected chi connectivity index (χ3v) is 2.77. The Labute approximate surface area is 112 Å². The molecule has 0 unspecified atom stereocenters. The van der Waals surface area contributed by atoms with Gasteiger partial charge in [-0.3, -0.25) is 4.79 Å². The van der Waals surface area contributed by atoms with Crippen LogP contribution in [0.5, 0.6) is 11.5 Å². The summed E-state index contributed by atoms with van der Waals surface area (Å²) < 4.78 is 5.30. The van der Waals surface area contributed by atoms with Crippen molar-refractivity contribution in [2.24, 2.45) is 0 Å². The van der Waals surface area contributed by atoms with Gasteiger partial charge in [-0.25, -0.2) is 0 Å². The van der Waals surface area contributed by atoms with E-state index in [-0.39, 0.29) is 17.5 Å². The van der Waals surface area contributed by atoms with E-state index < -0.39 is 0 Å². The van der Waals surface area contributed by atoms with Crippen LogP contribution in [0.25, 0.3) is 0 Å². The van der Waals surface area contributed by atoms with Crippen LogP contribution in [0.1, 0.15) is 19.4 Å². The number of ether oxygens (including phenoxy) is 1. The molecule has 0 atom stereocenters. The number of rotatable bonds is 6. The summed E-state index contributed by atoms with van der Waals surface area (Å²) in [6, 6.07) is 5.07. The van der Waals surface area contributed by atoms with Crippen LogP contribution in [0.4, 0.5) is 0 Å². The molecule has 18 heavy (non-hydrogen) atoms. The third kappa shape index (κ3) is 3.81. The maximum Gasteiger partial charge on any atom is 0.237 e. The minimum absolute atomic E-state index is 0.0236. The molecule has 0 saturated carbocycles. The van der Waals surface area contributed by atoms with Gasteiger partial charge >= 0.3 is 0 Å². The minimum atomic E-state index is -0.106. The molecule has 1 N–H and O–H groups in total. The number of benzene rings is 1. The van der Waals surface area contributed by atoms with Gasteiger partial charge in [0, 0.05) is 13.1 Å². The van der Waals surface area contributed by atoms with Gasteiger partial charge < -0.3 is 14.7 Å². The molecule has 0 saturated heterocycles. The van der Waals surface area contributed by atoms with Crippen LogP contribution < -0.4 is 4.74 Å². The zero-order valence-corrected chi connectivity index (χ0v) is 11.4. The van der Waals surface area contributed by atoms with Gasteiger partial charge in [0.25, 0.3) is 0 Å². The second-order valence-corrected chi connectivity index (χ2v) is 4.04. The fraction of sp³-hybridized carbons (Fsp3) is 0.462. The van der Waals surface area contributed by atoms with Crippen molar-refractivity contribution in [2.75, 3.05) is 19.0 Å². The summed E-state index contributed by atoms with van der Waals surface area (Å²) in [5, 5.41) is 9.59. The van der Waals surface area contributed by atoms with Crippen molar-refractivity contribution in [3.05, 3.63) is 23.8 Å². The first kappa shape index (κ1) is 14.6. The lowest BCUT2D eigenvalue weighted by Gasteiger charge is -2.20. The number of hydrogen-bond acceptors (Lipinski definition) is 3. The maximum atomic E-state index is 11.5. The van der Waals surface area contributed by atoms with E-state index in [0.29, 0.717) is 25.4 Å². The first-order valence-electron chi connectivity index (χ1n) is 5.90. The predicted octanol–water partition coefficient (Wildman–Crippen LogP) is 2.38. The molecular formula is C13H18ClNO3. The fourth-order valence-corrected chi connectivity index (χ4v) is 1.78. The van der Waals surface area contributed by atoms with Crippen molar-refractivity contribution in [1.82, 2.24) is 4.90 Å². The highest BCUT2D eigenvalue weighted by atomic mass is 35.5. The largest absolute Gasteiger partial charge is 0.504 e. The highest BCUT2D eigenvalue weighted by molar-refractivity contribution is 6.27. The van der Waals surface area contributed by atoms with Crippen molar-refractivity contribution in [2.45, 2.75) is 20.4 Å². The summed E-state index contributed by atoms with van der Waals surface area (Å²) in [7, 11) is 0. The summed E-state index contributed by atoms with van der Waals surface area (Å²) in [6.07, 6.45) is 0. The number of phenols is 1. The van der Waals surface area contributed by atoms with E-state index in [9.17, 15) is 9.90 Å². The van der Waals surface area contributed by atoms with E-state index in [2.05, 4.69) is 0 Å². The molecule has 1 amide bonds. The number of alkyl halides is 1. The number of carbonyl (C=O) groups excluding carboxylic acids is 1. The molecule has 0 spiro atoms. The molecule has 0 fully saturated rings. The van der Waals surface area contributed by atoms with Crippen molar-refractivity contribution in [1.29, 1.82) is 0 Å². The van der Waals surface area contributed by atoms with Crippen LogP contribution in [0.3, 0.4) is 0 Å². The topological polar surface area (TPSA) is 49.8 Å². The SMILES string of the molecule is CCOc1cc(CN(CC)C(=O)CCl)ccc1O. The maximum absolute atomic E-state index is 11.5. The molecule has 0 aliphatic carbocycles. The molecular weight excluding hydrogens is 254 g/mol. The smallest absolute Gasteiger partial charge is 0.237 e. The highest BCUT2D eigenvalue weighted by Crippen LogP contribution is 2.27. The van der Waals surface area contributed by atoms with E-state index in [1.807, 2.05) is 13.8 Å². The second-order valence-electron chi connectivity index (χ2n) is 3.78. The third-order valence-electron chi connectivity index (χ3n) is 2.55. The number of nitrogens with zero attached hydrogens (tertiary/aromatic N) is 1. The Morgan fingerprint density at radius 3 is 2.72 bits per heavy atom. The Hall–Kier alpha value is -1.42. The van der Waals surface area contributed by atoms with Gasteiger partial charge in [-0.1, -0.05) is 6.07 Å². The summed E-state index contributed by atoms with van der Waals surface area (Å²) in [4.78, 5) is 13.2. The fourth-order valence-electron chi connectivity index (χ4n) is 1.61. The standard InChI is InChI=1S/C13H18ClNO3/c1-3-15(13(17)8-14)9-10-5-6-11(16)12(7-10)18-4-2/h5-7,16H,3-4,8-9H2,1-2H3. The van der Waals surface area contributed by atoms with Gasteiger partial charge in [-0.15, -0.1) is 11.6 Å². The number of halogens is 1. The van der Waals surface area contributed by atoms with Crippen LogP contribution in [0.2, 0.25) is 0 Å². The second kappa shape index (κ2) is 7.11. The molecule has 1 rings (SSSR count). The molecule has 0 aliphatic rings. The van der Waals surface area contributed by atoms with Crippen LogP contribution in [0, 0.1) is 0 Å². The van der Waals surface area contributed by atoms with E-state index in [1.54, 1.807) is 23.1 Å². The lowest BCUT2D eigenvalue weighted by molar-refractivity contribution is -0.128. The van der Waals surface area contributed by atoms with Crippen LogP contribution in [-0.2, 0) is 11.3 Å². The molecule has 0 aliphatic heterocycles. The summed E-state index contributed by atoms with van der Waals surface area (Å²) >= 11 is 5.54. The molecule has 0 bridgehead atoms. The lowest BCUT2D eigenvalue weighted by Crippen LogP contribution is -2.31. The Kier molecular flexibility index (Phi) is 5.78. The van der Waals surface area contributed by atoms with Gasteiger partial charge in [-0.05, 0) is 31.5 Å². The molecule has 1 aromatic rings. The zero-order valence-electron chi connectivity index (χ0n) is 10.6. The quantitative estimate of drug-likeness (QED) is 0.808. The average molecular weight is 272 g/mol. The van der Waals surface area contributed by atoms with Crippen LogP contribution >= 0.6 is 11.6 Å². The normalized spacial score (nSPS) is 10.2. The van der Waals surface area contributed by atoms with Gasteiger partial charge in [0.05, 0.1) is 6.61 Å². The average Bonchev–Trinajstić information content (AvgIpc) is 2.39. The number of carbonyl (C=O) groups is 1. The molecule has 1 aromatic carbocycles. The Morgan fingerprint density at radius 2 is 2.17 bits per heavy atom. The van der Waals surface area contributed by atoms with Gasteiger partial charge in [-0.2, -0.15) is 0 Å². The Bertz CT molecular complexity index is 409. The van der Waals surface area contributed by atoms with Gasteiger partial charge in [0.15, 0.2) is 11.5 Å². The number of phenolic OH excluding ortho intramolecular Hbond substituents is 1.